The summed E-state index contributed by atoms with van der Waals surface area (Å²) in [6.45, 7) is 5.23. The van der Waals surface area contributed by atoms with E-state index in [4.69, 9.17) is 9.84 Å². The van der Waals surface area contributed by atoms with Crippen LogP contribution in [-0.4, -0.2) is 41.2 Å². The van der Waals surface area contributed by atoms with Crippen molar-refractivity contribution in [2.75, 3.05) is 13.1 Å². The zero-order valence-corrected chi connectivity index (χ0v) is 21.2. The number of piperidine rings is 1. The van der Waals surface area contributed by atoms with E-state index >= 15 is 0 Å². The molecule has 2 aromatic carbocycles. The van der Waals surface area contributed by atoms with Crippen LogP contribution >= 0.6 is 0 Å². The first-order chi connectivity index (χ1) is 17.1. The van der Waals surface area contributed by atoms with Crippen LogP contribution in [0.1, 0.15) is 68.9 Å². The molecule has 2 fully saturated rings. The number of aryl methyl sites for hydroxylation is 1. The lowest BCUT2D eigenvalue weighted by molar-refractivity contribution is -0.136. The van der Waals surface area contributed by atoms with E-state index in [0.717, 1.165) is 19.3 Å². The van der Waals surface area contributed by atoms with Gasteiger partial charge in [0.15, 0.2) is 0 Å². The van der Waals surface area contributed by atoms with E-state index < -0.39 is 5.97 Å². The molecule has 0 aromatic heterocycles. The Morgan fingerprint density at radius 1 is 0.943 bits per heavy atom. The van der Waals surface area contributed by atoms with Crippen molar-refractivity contribution in [2.45, 2.75) is 83.5 Å². The van der Waals surface area contributed by atoms with Gasteiger partial charge < -0.3 is 14.7 Å². The van der Waals surface area contributed by atoms with Gasteiger partial charge in [-0.1, -0.05) is 72.7 Å². The molecular weight excluding hydrogens is 434 g/mol. The van der Waals surface area contributed by atoms with Gasteiger partial charge in [-0.3, -0.25) is 4.79 Å². The fourth-order valence-corrected chi connectivity index (χ4v) is 5.77. The quantitative estimate of drug-likeness (QED) is 0.355. The number of aliphatic carboxylic acids is 1. The Bertz CT molecular complexity index is 944. The van der Waals surface area contributed by atoms with E-state index in [-0.39, 0.29) is 6.42 Å². The minimum atomic E-state index is -0.726. The molecule has 4 rings (SSSR count). The normalized spacial score (nSPS) is 23.2. The maximum atomic E-state index is 10.7. The van der Waals surface area contributed by atoms with Crippen LogP contribution in [0.15, 0.2) is 60.7 Å². The molecule has 0 radical (unpaired) electrons. The van der Waals surface area contributed by atoms with Crippen LogP contribution in [0.25, 0.3) is 11.1 Å². The number of carbonyl (C=O) groups is 1. The van der Waals surface area contributed by atoms with E-state index in [1.54, 1.807) is 0 Å². The summed E-state index contributed by atoms with van der Waals surface area (Å²) in [5.74, 6) is -0.181. The van der Waals surface area contributed by atoms with Gasteiger partial charge >= 0.3 is 5.97 Å². The third-order valence-corrected chi connectivity index (χ3v) is 7.74. The van der Waals surface area contributed by atoms with Crippen molar-refractivity contribution in [3.63, 3.8) is 0 Å². The first-order valence-electron chi connectivity index (χ1n) is 13.5. The number of carboxylic acid groups (broad SMARTS) is 1. The molecule has 1 heterocycles. The molecule has 4 heteroatoms. The average molecular weight is 476 g/mol. The van der Waals surface area contributed by atoms with Crippen molar-refractivity contribution in [1.82, 2.24) is 4.90 Å². The molecular formula is C31H41NO3. The van der Waals surface area contributed by atoms with Crippen LogP contribution in [0.4, 0.5) is 0 Å². The number of benzene rings is 2. The summed E-state index contributed by atoms with van der Waals surface area (Å²) >= 11 is 0. The zero-order valence-electron chi connectivity index (χ0n) is 21.2. The van der Waals surface area contributed by atoms with Gasteiger partial charge in [0.25, 0.3) is 0 Å². The zero-order chi connectivity index (χ0) is 24.5. The number of rotatable bonds is 11. The van der Waals surface area contributed by atoms with E-state index in [2.05, 4.69) is 66.4 Å². The topological polar surface area (TPSA) is 49.8 Å². The first-order valence-corrected chi connectivity index (χ1v) is 13.5. The number of hydrogen-bond acceptors (Lipinski definition) is 3. The van der Waals surface area contributed by atoms with Gasteiger partial charge in [-0.25, -0.2) is 0 Å². The van der Waals surface area contributed by atoms with E-state index in [1.807, 2.05) is 6.08 Å². The van der Waals surface area contributed by atoms with Gasteiger partial charge in [-0.05, 0) is 81.6 Å². The Balaban J connectivity index is 1.34. The van der Waals surface area contributed by atoms with Gasteiger partial charge in [0, 0.05) is 18.4 Å². The Labute approximate surface area is 211 Å². The number of hydrogen-bond donors (Lipinski definition) is 1. The molecule has 1 N–H and O–H groups in total. The van der Waals surface area contributed by atoms with Gasteiger partial charge in [-0.2, -0.15) is 0 Å². The highest BCUT2D eigenvalue weighted by Gasteiger charge is 2.39. The minimum absolute atomic E-state index is 0.213. The molecule has 2 aliphatic rings. The number of allylic oxidation sites excluding steroid dienone is 2. The molecule has 3 unspecified atom stereocenters. The number of ether oxygens (including phenoxy) is 1. The van der Waals surface area contributed by atoms with Gasteiger partial charge in [0.05, 0.1) is 12.7 Å². The molecule has 35 heavy (non-hydrogen) atoms. The smallest absolute Gasteiger partial charge is 0.303 e. The second-order valence-corrected chi connectivity index (χ2v) is 10.3. The highest BCUT2D eigenvalue weighted by atomic mass is 16.5. The predicted octanol–water partition coefficient (Wildman–Crippen LogP) is 7.01. The second-order valence-electron chi connectivity index (χ2n) is 10.3. The molecule has 1 saturated heterocycles. The van der Waals surface area contributed by atoms with Gasteiger partial charge in [0.2, 0.25) is 0 Å². The van der Waals surface area contributed by atoms with Crippen LogP contribution in [-0.2, 0) is 16.1 Å². The van der Waals surface area contributed by atoms with Crippen LogP contribution in [0, 0.1) is 12.8 Å². The molecule has 1 aliphatic carbocycles. The van der Waals surface area contributed by atoms with Crippen molar-refractivity contribution in [3.05, 3.63) is 71.8 Å². The van der Waals surface area contributed by atoms with Crippen molar-refractivity contribution in [1.29, 1.82) is 0 Å². The summed E-state index contributed by atoms with van der Waals surface area (Å²) in [5, 5.41) is 8.84. The summed E-state index contributed by atoms with van der Waals surface area (Å²) in [6.07, 6.45) is 13.8. The summed E-state index contributed by atoms with van der Waals surface area (Å²) in [6, 6.07) is 18.1. The van der Waals surface area contributed by atoms with Crippen molar-refractivity contribution in [2.24, 2.45) is 5.92 Å². The molecule has 1 saturated carbocycles. The van der Waals surface area contributed by atoms with E-state index in [0.29, 0.717) is 31.1 Å². The fourth-order valence-electron chi connectivity index (χ4n) is 5.77. The number of carboxylic acids is 1. The maximum Gasteiger partial charge on any atom is 0.303 e. The second kappa shape index (κ2) is 13.0. The molecule has 4 nitrogen and oxygen atoms in total. The van der Waals surface area contributed by atoms with E-state index in [9.17, 15) is 4.79 Å². The van der Waals surface area contributed by atoms with Crippen LogP contribution in [0.3, 0.4) is 0 Å². The highest BCUT2D eigenvalue weighted by Crippen LogP contribution is 2.37. The molecule has 1 aliphatic heterocycles. The highest BCUT2D eigenvalue weighted by molar-refractivity contribution is 5.66. The largest absolute Gasteiger partial charge is 0.481 e. The Kier molecular flexibility index (Phi) is 9.56. The summed E-state index contributed by atoms with van der Waals surface area (Å²) in [5.41, 5.74) is 5.00. The lowest BCUT2D eigenvalue weighted by atomic mass is 9.93. The van der Waals surface area contributed by atoms with Gasteiger partial charge in [-0.15, -0.1) is 0 Å². The Morgan fingerprint density at radius 2 is 1.60 bits per heavy atom. The molecule has 3 atom stereocenters. The third-order valence-electron chi connectivity index (χ3n) is 7.74. The molecule has 0 spiro atoms. The predicted molar refractivity (Wildman–Crippen MR) is 142 cm³/mol. The molecule has 0 bridgehead atoms. The van der Waals surface area contributed by atoms with Crippen molar-refractivity contribution in [3.8, 4) is 11.1 Å². The monoisotopic (exact) mass is 475 g/mol. The van der Waals surface area contributed by atoms with Crippen LogP contribution in [0.2, 0.25) is 0 Å². The Morgan fingerprint density at radius 3 is 2.29 bits per heavy atom. The maximum absolute atomic E-state index is 10.7. The average Bonchev–Trinajstić information content (AvgIpc) is 3.28. The molecule has 0 amide bonds. The van der Waals surface area contributed by atoms with Crippen LogP contribution < -0.4 is 0 Å². The molecule has 188 valence electrons. The lowest BCUT2D eigenvalue weighted by Gasteiger charge is -2.37. The van der Waals surface area contributed by atoms with Crippen molar-refractivity contribution >= 4 is 5.97 Å². The first kappa shape index (κ1) is 25.7. The number of nitrogens with zero attached hydrogens (tertiary/aromatic N) is 1. The third kappa shape index (κ3) is 7.52. The summed E-state index contributed by atoms with van der Waals surface area (Å²) < 4.78 is 6.57. The Hall–Kier alpha value is -2.43. The standard InChI is InChI=1S/C31H41NO3/c1-24-11-15-26(16-12-24)27-17-13-25(14-18-27)23-35-30-20-19-29(32-21-7-4-8-22-32)28(30)9-5-2-3-6-10-31(33)34/h2-3,11-18,28-30H,4-10,19-23H2,1H3,(H,33,34)/b3-2+. The summed E-state index contributed by atoms with van der Waals surface area (Å²) in [7, 11) is 0. The van der Waals surface area contributed by atoms with E-state index in [1.165, 1.54) is 61.0 Å². The minimum Gasteiger partial charge on any atom is -0.481 e. The van der Waals surface area contributed by atoms with Crippen LogP contribution in [0.5, 0.6) is 0 Å². The SMILES string of the molecule is Cc1ccc(-c2ccc(COC3CCC(N4CCCCC4)C3CC/C=C/CCC(=O)O)cc2)cc1. The number of likely N-dealkylation sites (tertiary alicyclic amines) is 1. The van der Waals surface area contributed by atoms with Gasteiger partial charge in [0.1, 0.15) is 0 Å². The molecule has 2 aromatic rings. The lowest BCUT2D eigenvalue weighted by Crippen LogP contribution is -2.43. The summed E-state index contributed by atoms with van der Waals surface area (Å²) in [4.78, 5) is 13.5. The van der Waals surface area contributed by atoms with Crippen molar-refractivity contribution < 1.29 is 14.6 Å². The fraction of sp³-hybridized carbons (Fsp3) is 0.516.